The summed E-state index contributed by atoms with van der Waals surface area (Å²) in [5, 5.41) is 9.56. The van der Waals surface area contributed by atoms with Crippen LogP contribution in [0.25, 0.3) is 6.08 Å². The molecule has 6 rings (SSSR count). The van der Waals surface area contributed by atoms with Gasteiger partial charge >= 0.3 is 5.97 Å². The fraction of sp³-hybridized carbons (Fsp3) is 0.235. The van der Waals surface area contributed by atoms with Gasteiger partial charge in [0, 0.05) is 10.6 Å². The molecule has 0 saturated heterocycles. The molecule has 0 saturated carbocycles. The van der Waals surface area contributed by atoms with E-state index in [0.717, 1.165) is 12.0 Å². The first-order chi connectivity index (χ1) is 21.9. The first-order valence-electron chi connectivity index (χ1n) is 14.4. The van der Waals surface area contributed by atoms with E-state index in [4.69, 9.17) is 40.8 Å². The first kappa shape index (κ1) is 30.2. The number of carbonyl (C=O) groups is 1. The van der Waals surface area contributed by atoms with Crippen molar-refractivity contribution in [1.29, 1.82) is 5.26 Å². The van der Waals surface area contributed by atoms with Crippen LogP contribution < -0.4 is 29.1 Å². The van der Waals surface area contributed by atoms with Crippen LogP contribution in [0.1, 0.15) is 55.0 Å². The van der Waals surface area contributed by atoms with Crippen LogP contribution in [0.4, 0.5) is 0 Å². The molecule has 11 heteroatoms. The normalized spacial score (nSPS) is 15.3. The molecule has 2 aliphatic rings. The van der Waals surface area contributed by atoms with Crippen molar-refractivity contribution < 1.29 is 23.7 Å². The number of fused-ring (bicyclic) bond motifs is 2. The molecule has 0 fully saturated rings. The largest absolute Gasteiger partial charge is 0.488 e. The summed E-state index contributed by atoms with van der Waals surface area (Å²) in [6.07, 6.45) is 3.00. The number of nitriles is 1. The number of carbonyl (C=O) groups excluding carboxylic acids is 1. The molecule has 3 aromatic carbocycles. The fourth-order valence-electron chi connectivity index (χ4n) is 5.26. The Bertz CT molecular complexity index is 2040. The maximum Gasteiger partial charge on any atom is 0.338 e. The lowest BCUT2D eigenvalue weighted by atomic mass is 9.94. The van der Waals surface area contributed by atoms with Gasteiger partial charge < -0.3 is 18.9 Å². The third kappa shape index (κ3) is 6.10. The Hall–Kier alpha value is -4.85. The van der Waals surface area contributed by atoms with E-state index in [1.165, 1.54) is 11.3 Å². The Labute approximate surface area is 267 Å². The Kier molecular flexibility index (Phi) is 8.74. The Balaban J connectivity index is 1.47. The minimum Gasteiger partial charge on any atom is -0.488 e. The van der Waals surface area contributed by atoms with Crippen LogP contribution in [-0.4, -0.2) is 23.9 Å². The van der Waals surface area contributed by atoms with Gasteiger partial charge in [-0.05, 0) is 73.0 Å². The monoisotopic (exact) mass is 641 g/mol. The molecule has 4 aromatic rings. The van der Waals surface area contributed by atoms with E-state index < -0.39 is 12.0 Å². The second-order valence-corrected chi connectivity index (χ2v) is 11.8. The van der Waals surface area contributed by atoms with Gasteiger partial charge in [-0.3, -0.25) is 9.36 Å². The van der Waals surface area contributed by atoms with E-state index >= 15 is 0 Å². The van der Waals surface area contributed by atoms with Crippen molar-refractivity contribution in [1.82, 2.24) is 4.57 Å². The molecule has 0 N–H and O–H groups in total. The van der Waals surface area contributed by atoms with E-state index in [-0.39, 0.29) is 25.6 Å². The van der Waals surface area contributed by atoms with Gasteiger partial charge in [-0.25, -0.2) is 9.79 Å². The summed E-state index contributed by atoms with van der Waals surface area (Å²) in [5.41, 5.74) is 3.32. The van der Waals surface area contributed by atoms with Crippen LogP contribution >= 0.6 is 22.9 Å². The highest BCUT2D eigenvalue weighted by atomic mass is 35.5. The van der Waals surface area contributed by atoms with E-state index in [0.29, 0.717) is 66.0 Å². The van der Waals surface area contributed by atoms with Crippen LogP contribution in [0.3, 0.4) is 0 Å². The predicted octanol–water partition coefficient (Wildman–Crippen LogP) is 5.41. The summed E-state index contributed by atoms with van der Waals surface area (Å²) in [4.78, 5) is 33.0. The number of benzene rings is 3. The zero-order valence-electron chi connectivity index (χ0n) is 24.5. The fourth-order valence-corrected chi connectivity index (χ4v) is 6.45. The maximum absolute atomic E-state index is 14.2. The van der Waals surface area contributed by atoms with Crippen LogP contribution in [0, 0.1) is 11.3 Å². The second kappa shape index (κ2) is 13.0. The molecule has 45 heavy (non-hydrogen) atoms. The first-order valence-corrected chi connectivity index (χ1v) is 15.6. The standard InChI is InChI=1S/C34H28ClN3O6S/c1-3-5-25-30(33(40)41-4-2)31(22-10-12-27-28(15-22)44-19-43-27)38-32(39)29(45-34(38)37-25)16-23-14-24(35)11-13-26(23)42-18-21-8-6-20(17-36)7-9-21/h6-16,31H,3-5,18-19H2,1-2H3/b29-16+/t31-/m0/s1. The average Bonchev–Trinajstić information content (AvgIpc) is 3.64. The second-order valence-electron chi connectivity index (χ2n) is 10.3. The summed E-state index contributed by atoms with van der Waals surface area (Å²) in [6.45, 7) is 4.28. The zero-order valence-corrected chi connectivity index (χ0v) is 26.1. The molecular formula is C34H28ClN3O6S. The molecular weight excluding hydrogens is 614 g/mol. The molecule has 228 valence electrons. The molecule has 0 unspecified atom stereocenters. The summed E-state index contributed by atoms with van der Waals surface area (Å²) < 4.78 is 24.7. The number of aromatic nitrogens is 1. The smallest absolute Gasteiger partial charge is 0.338 e. The number of rotatable bonds is 9. The van der Waals surface area contributed by atoms with Gasteiger partial charge in [0.1, 0.15) is 12.4 Å². The van der Waals surface area contributed by atoms with E-state index in [1.54, 1.807) is 60.0 Å². The van der Waals surface area contributed by atoms with E-state index in [9.17, 15) is 9.59 Å². The van der Waals surface area contributed by atoms with Gasteiger partial charge in [0.25, 0.3) is 5.56 Å². The number of halogens is 1. The van der Waals surface area contributed by atoms with Crippen LogP contribution in [0.2, 0.25) is 5.02 Å². The molecule has 1 atom stereocenters. The summed E-state index contributed by atoms with van der Waals surface area (Å²) in [7, 11) is 0. The molecule has 0 bridgehead atoms. The number of thiazole rings is 1. The lowest BCUT2D eigenvalue weighted by Crippen LogP contribution is -2.40. The van der Waals surface area contributed by atoms with Crippen LogP contribution in [-0.2, 0) is 16.1 Å². The minimum atomic E-state index is -0.787. The number of allylic oxidation sites excluding steroid dienone is 1. The van der Waals surface area contributed by atoms with Crippen molar-refractivity contribution in [3.05, 3.63) is 119 Å². The SMILES string of the molecule is CCCC1=C(C(=O)OCC)[C@H](c2ccc3c(c2)OCO3)n2c(s/c(=C/c3cc(Cl)ccc3OCc3ccc(C#N)cc3)c2=O)=N1. The highest BCUT2D eigenvalue weighted by molar-refractivity contribution is 7.07. The number of esters is 1. The minimum absolute atomic E-state index is 0.0957. The van der Waals surface area contributed by atoms with Crippen molar-refractivity contribution in [2.45, 2.75) is 39.3 Å². The zero-order chi connectivity index (χ0) is 31.5. The Morgan fingerprint density at radius 3 is 2.69 bits per heavy atom. The van der Waals surface area contributed by atoms with Crippen LogP contribution in [0.5, 0.6) is 17.2 Å². The number of ether oxygens (including phenoxy) is 4. The predicted molar refractivity (Wildman–Crippen MR) is 169 cm³/mol. The van der Waals surface area contributed by atoms with Crippen molar-refractivity contribution in [3.8, 4) is 23.3 Å². The van der Waals surface area contributed by atoms with Gasteiger partial charge in [0.15, 0.2) is 16.3 Å². The van der Waals surface area contributed by atoms with Crippen molar-refractivity contribution >= 4 is 35.0 Å². The lowest BCUT2D eigenvalue weighted by molar-refractivity contribution is -0.139. The average molecular weight is 642 g/mol. The van der Waals surface area contributed by atoms with Gasteiger partial charge in [-0.15, -0.1) is 0 Å². The molecule has 3 heterocycles. The molecule has 1 aromatic heterocycles. The topological polar surface area (TPSA) is 112 Å². The highest BCUT2D eigenvalue weighted by Crippen LogP contribution is 2.39. The third-order valence-electron chi connectivity index (χ3n) is 7.34. The molecule has 0 aliphatic carbocycles. The van der Waals surface area contributed by atoms with Crippen molar-refractivity contribution in [2.24, 2.45) is 4.99 Å². The molecule has 0 spiro atoms. The maximum atomic E-state index is 14.2. The van der Waals surface area contributed by atoms with Crippen molar-refractivity contribution in [2.75, 3.05) is 13.4 Å². The van der Waals surface area contributed by atoms with Gasteiger partial charge in [0.2, 0.25) is 6.79 Å². The third-order valence-corrected chi connectivity index (χ3v) is 8.56. The van der Waals surface area contributed by atoms with Gasteiger partial charge in [-0.2, -0.15) is 5.26 Å². The highest BCUT2D eigenvalue weighted by Gasteiger charge is 2.35. The molecule has 9 nitrogen and oxygen atoms in total. The quantitative estimate of drug-likeness (QED) is 0.225. The van der Waals surface area contributed by atoms with Gasteiger partial charge in [-0.1, -0.05) is 54.5 Å². The summed E-state index contributed by atoms with van der Waals surface area (Å²) >= 11 is 7.60. The number of hydrogen-bond donors (Lipinski definition) is 0. The number of nitrogens with zero attached hydrogens (tertiary/aromatic N) is 3. The Morgan fingerprint density at radius 2 is 1.93 bits per heavy atom. The van der Waals surface area contributed by atoms with E-state index in [1.807, 2.05) is 25.1 Å². The van der Waals surface area contributed by atoms with Crippen molar-refractivity contribution in [3.63, 3.8) is 0 Å². The molecule has 0 radical (unpaired) electrons. The lowest BCUT2D eigenvalue weighted by Gasteiger charge is -2.25. The molecule has 0 amide bonds. The summed E-state index contributed by atoms with van der Waals surface area (Å²) in [5.74, 6) is 1.14. The van der Waals surface area contributed by atoms with Gasteiger partial charge in [0.05, 0.1) is 40.1 Å². The van der Waals surface area contributed by atoms with Crippen LogP contribution in [0.15, 0.2) is 81.7 Å². The van der Waals surface area contributed by atoms with E-state index in [2.05, 4.69) is 6.07 Å². The number of hydrogen-bond acceptors (Lipinski definition) is 9. The Morgan fingerprint density at radius 1 is 1.13 bits per heavy atom. The summed E-state index contributed by atoms with van der Waals surface area (Å²) in [6, 6.07) is 19.1. The molecule has 2 aliphatic heterocycles.